The molecule has 3 nitrogen and oxygen atoms in total. The molecule has 0 unspecified atom stereocenters. The van der Waals surface area contributed by atoms with Gasteiger partial charge in [-0.05, 0) is 34.1 Å². The van der Waals surface area contributed by atoms with Gasteiger partial charge in [-0.25, -0.2) is 4.99 Å². The number of halogens is 4. The van der Waals surface area contributed by atoms with Crippen LogP contribution in [0.15, 0.2) is 27.7 Å². The van der Waals surface area contributed by atoms with Gasteiger partial charge in [0, 0.05) is 4.47 Å². The zero-order valence-corrected chi connectivity index (χ0v) is 10.3. The Morgan fingerprint density at radius 2 is 2.25 bits per heavy atom. The summed E-state index contributed by atoms with van der Waals surface area (Å²) in [6.45, 7) is -2.85. The zero-order chi connectivity index (χ0) is 12.1. The topological polar surface area (TPSA) is 47.6 Å². The van der Waals surface area contributed by atoms with Gasteiger partial charge in [0.15, 0.2) is 0 Å². The quantitative estimate of drug-likeness (QED) is 0.527. The number of rotatable bonds is 4. The average Bonchev–Trinajstić information content (AvgIpc) is 2.21. The Balaban J connectivity index is 2.91. The largest absolute Gasteiger partial charge is 0.435 e. The van der Waals surface area contributed by atoms with Crippen molar-refractivity contribution in [2.75, 3.05) is 5.88 Å². The second kappa shape index (κ2) is 6.00. The summed E-state index contributed by atoms with van der Waals surface area (Å²) in [5.74, 6) is 0.386. The van der Waals surface area contributed by atoms with Gasteiger partial charge in [0.1, 0.15) is 11.6 Å². The van der Waals surface area contributed by atoms with E-state index in [4.69, 9.17) is 17.3 Å². The predicted molar refractivity (Wildman–Crippen MR) is 62.8 cm³/mol. The summed E-state index contributed by atoms with van der Waals surface area (Å²) in [5, 5.41) is 0. The van der Waals surface area contributed by atoms with Crippen molar-refractivity contribution in [3.63, 3.8) is 0 Å². The summed E-state index contributed by atoms with van der Waals surface area (Å²) in [6.07, 6.45) is 0. The van der Waals surface area contributed by atoms with Gasteiger partial charge in [0.05, 0.1) is 11.6 Å². The lowest BCUT2D eigenvalue weighted by atomic mass is 10.3. The van der Waals surface area contributed by atoms with E-state index in [0.29, 0.717) is 10.2 Å². The standard InChI is InChI=1S/C9H8BrClF2N2O/c10-6-3-5(16-9(12)13)1-2-7(6)15-8(14)4-11/h1-3,9H,4H2,(H2,14,15). The van der Waals surface area contributed by atoms with Gasteiger partial charge in [-0.15, -0.1) is 11.6 Å². The molecule has 0 aliphatic rings. The predicted octanol–water partition coefficient (Wildman–Crippen LogP) is 3.28. The van der Waals surface area contributed by atoms with Gasteiger partial charge in [-0.1, -0.05) is 0 Å². The lowest BCUT2D eigenvalue weighted by Gasteiger charge is -2.06. The van der Waals surface area contributed by atoms with Crippen LogP contribution in [0.25, 0.3) is 0 Å². The molecule has 7 heteroatoms. The second-order valence-corrected chi connectivity index (χ2v) is 3.85. The van der Waals surface area contributed by atoms with Crippen LogP contribution in [-0.4, -0.2) is 18.3 Å². The molecule has 1 aromatic rings. The van der Waals surface area contributed by atoms with Crippen molar-refractivity contribution < 1.29 is 13.5 Å². The fourth-order valence-corrected chi connectivity index (χ4v) is 1.45. The lowest BCUT2D eigenvalue weighted by molar-refractivity contribution is -0.0498. The maximum absolute atomic E-state index is 11.9. The van der Waals surface area contributed by atoms with Gasteiger partial charge >= 0.3 is 6.61 Å². The summed E-state index contributed by atoms with van der Waals surface area (Å²) in [6, 6.07) is 4.25. The van der Waals surface area contributed by atoms with Crippen molar-refractivity contribution in [2.45, 2.75) is 6.61 Å². The van der Waals surface area contributed by atoms with Crippen LogP contribution >= 0.6 is 27.5 Å². The molecule has 0 amide bonds. The molecule has 0 fully saturated rings. The van der Waals surface area contributed by atoms with Crippen molar-refractivity contribution in [3.8, 4) is 5.75 Å². The summed E-state index contributed by atoms with van der Waals surface area (Å²) in [5.41, 5.74) is 5.94. The Morgan fingerprint density at radius 3 is 2.75 bits per heavy atom. The van der Waals surface area contributed by atoms with Crippen molar-refractivity contribution in [1.29, 1.82) is 0 Å². The molecule has 0 spiro atoms. The van der Waals surface area contributed by atoms with Crippen LogP contribution in [0.3, 0.4) is 0 Å². The minimum absolute atomic E-state index is 0.0465. The minimum atomic E-state index is -2.85. The second-order valence-electron chi connectivity index (χ2n) is 2.73. The molecule has 1 aromatic carbocycles. The number of amidine groups is 1. The van der Waals surface area contributed by atoms with Gasteiger partial charge < -0.3 is 10.5 Å². The summed E-state index contributed by atoms with van der Waals surface area (Å²) in [4.78, 5) is 3.97. The van der Waals surface area contributed by atoms with Crippen molar-refractivity contribution in [2.24, 2.45) is 10.7 Å². The fourth-order valence-electron chi connectivity index (χ4n) is 0.939. The number of benzene rings is 1. The Hall–Kier alpha value is -0.880. The van der Waals surface area contributed by atoms with Gasteiger partial charge in [-0.3, -0.25) is 0 Å². The summed E-state index contributed by atoms with van der Waals surface area (Å²) in [7, 11) is 0. The van der Waals surface area contributed by atoms with E-state index < -0.39 is 6.61 Å². The van der Waals surface area contributed by atoms with Crippen molar-refractivity contribution >= 4 is 39.1 Å². The van der Waals surface area contributed by atoms with E-state index in [1.165, 1.54) is 18.2 Å². The molecule has 0 saturated heterocycles. The highest BCUT2D eigenvalue weighted by Crippen LogP contribution is 2.30. The van der Waals surface area contributed by atoms with Gasteiger partial charge in [-0.2, -0.15) is 8.78 Å². The Labute approximate surface area is 104 Å². The van der Waals surface area contributed by atoms with Crippen molar-refractivity contribution in [1.82, 2.24) is 0 Å². The molecule has 0 atom stereocenters. The SMILES string of the molecule is NC(CCl)=Nc1ccc(OC(F)F)cc1Br. The number of hydrogen-bond donors (Lipinski definition) is 1. The maximum Gasteiger partial charge on any atom is 0.387 e. The lowest BCUT2D eigenvalue weighted by Crippen LogP contribution is -2.12. The molecule has 0 radical (unpaired) electrons. The van der Waals surface area contributed by atoms with E-state index >= 15 is 0 Å². The molecule has 0 heterocycles. The van der Waals surface area contributed by atoms with E-state index in [1.807, 2.05) is 0 Å². The first-order chi connectivity index (χ1) is 7.52. The minimum Gasteiger partial charge on any atom is -0.435 e. The maximum atomic E-state index is 11.9. The highest BCUT2D eigenvalue weighted by molar-refractivity contribution is 9.10. The molecule has 88 valence electrons. The Kier molecular flexibility index (Phi) is 4.95. The van der Waals surface area contributed by atoms with Crippen molar-refractivity contribution in [3.05, 3.63) is 22.7 Å². The third kappa shape index (κ3) is 3.94. The summed E-state index contributed by atoms with van der Waals surface area (Å²) < 4.78 is 28.5. The first kappa shape index (κ1) is 13.2. The van der Waals surface area contributed by atoms with Crippen LogP contribution in [0.2, 0.25) is 0 Å². The van der Waals surface area contributed by atoms with E-state index in [2.05, 4.69) is 25.7 Å². The van der Waals surface area contributed by atoms with E-state index in [1.54, 1.807) is 0 Å². The molecule has 0 bridgehead atoms. The molecule has 16 heavy (non-hydrogen) atoms. The molecule has 1 rings (SSSR count). The van der Waals surface area contributed by atoms with Crippen LogP contribution in [0.1, 0.15) is 0 Å². The number of ether oxygens (including phenoxy) is 1. The number of hydrogen-bond acceptors (Lipinski definition) is 2. The molecular formula is C9H8BrClF2N2O. The first-order valence-electron chi connectivity index (χ1n) is 4.16. The van der Waals surface area contributed by atoms with Gasteiger partial charge in [0.2, 0.25) is 0 Å². The van der Waals surface area contributed by atoms with Gasteiger partial charge in [0.25, 0.3) is 0 Å². The average molecular weight is 314 g/mol. The molecule has 0 saturated carbocycles. The van der Waals surface area contributed by atoms with Crippen LogP contribution in [-0.2, 0) is 0 Å². The monoisotopic (exact) mass is 312 g/mol. The first-order valence-corrected chi connectivity index (χ1v) is 5.49. The number of aliphatic imine (C=N–C) groups is 1. The van der Waals surface area contributed by atoms with Crippen LogP contribution in [0.5, 0.6) is 5.75 Å². The third-order valence-corrected chi connectivity index (χ3v) is 2.45. The third-order valence-electron chi connectivity index (χ3n) is 1.55. The van der Waals surface area contributed by atoms with Crippen LogP contribution in [0.4, 0.5) is 14.5 Å². The number of nitrogens with two attached hydrogens (primary N) is 1. The summed E-state index contributed by atoms with van der Waals surface area (Å²) >= 11 is 8.62. The Morgan fingerprint density at radius 1 is 1.56 bits per heavy atom. The highest BCUT2D eigenvalue weighted by Gasteiger charge is 2.06. The number of alkyl halides is 3. The molecule has 2 N–H and O–H groups in total. The van der Waals surface area contributed by atoms with E-state index in [-0.39, 0.29) is 17.5 Å². The van der Waals surface area contributed by atoms with E-state index in [9.17, 15) is 8.78 Å². The normalized spacial score (nSPS) is 11.9. The molecule has 0 aromatic heterocycles. The van der Waals surface area contributed by atoms with E-state index in [0.717, 1.165) is 0 Å². The molecule has 0 aliphatic carbocycles. The zero-order valence-electron chi connectivity index (χ0n) is 7.96. The fraction of sp³-hybridized carbons (Fsp3) is 0.222. The highest BCUT2D eigenvalue weighted by atomic mass is 79.9. The number of nitrogens with zero attached hydrogens (tertiary/aromatic N) is 1. The molecular weight excluding hydrogens is 305 g/mol. The molecule has 0 aliphatic heterocycles. The van der Waals surface area contributed by atoms with Crippen LogP contribution in [0, 0.1) is 0 Å². The smallest absolute Gasteiger partial charge is 0.387 e. The van der Waals surface area contributed by atoms with Crippen LogP contribution < -0.4 is 10.5 Å². The Bertz CT molecular complexity index is 401.